The predicted octanol–water partition coefficient (Wildman–Crippen LogP) is 4.57. The van der Waals surface area contributed by atoms with Crippen molar-refractivity contribution in [2.24, 2.45) is 28.4 Å². The normalized spacial score (nSPS) is 20.4. The van der Waals surface area contributed by atoms with Crippen LogP contribution in [0.2, 0.25) is 0 Å². The standard InChI is InChI=1S/C27H36N4O3.C5H7N3.C2H6/c1-16-8-7-9-17(10-16)11-18(24(29)33)12-19(14-28)30-25(34)23-22-20(27(22,5)6)15-31(23)21(32)13-26(2,3)4;1-4-7-3-2-5(6)8-4;1-2/h7-11,19-20,22-23H,12-13,15H2,1-6H3,(H2,29,33)(H,30,34);2-3H,1H3,(H2,6,7,8);1-2H3/b18-11-;;/t19?,20?,22?,23-;;/m0../s1. The van der Waals surface area contributed by atoms with Crippen LogP contribution in [0.25, 0.3) is 6.08 Å². The number of nitriles is 1. The summed E-state index contributed by atoms with van der Waals surface area (Å²) in [6, 6.07) is 9.79. The number of rotatable bonds is 7. The van der Waals surface area contributed by atoms with Crippen molar-refractivity contribution in [2.45, 2.75) is 87.2 Å². The average molecular weight is 604 g/mol. The molecule has 0 spiro atoms. The average Bonchev–Trinajstić information content (AvgIpc) is 3.25. The number of nitrogen functional groups attached to an aromatic ring is 1. The molecule has 4 atom stereocenters. The van der Waals surface area contributed by atoms with Crippen molar-refractivity contribution in [2.75, 3.05) is 12.3 Å². The predicted molar refractivity (Wildman–Crippen MR) is 173 cm³/mol. The van der Waals surface area contributed by atoms with Crippen LogP contribution in [0.4, 0.5) is 5.82 Å². The molecule has 2 fully saturated rings. The third-order valence-corrected chi connectivity index (χ3v) is 7.87. The second kappa shape index (κ2) is 15.0. The third-order valence-electron chi connectivity index (χ3n) is 7.87. The van der Waals surface area contributed by atoms with E-state index in [0.717, 1.165) is 11.1 Å². The van der Waals surface area contributed by atoms with Gasteiger partial charge < -0.3 is 21.7 Å². The Morgan fingerprint density at radius 2 is 1.86 bits per heavy atom. The molecule has 10 heteroatoms. The maximum absolute atomic E-state index is 13.4. The van der Waals surface area contributed by atoms with Gasteiger partial charge in [-0.05, 0) is 54.2 Å². The first-order valence-corrected chi connectivity index (χ1v) is 15.1. The molecule has 1 aromatic carbocycles. The monoisotopic (exact) mass is 603 g/mol. The summed E-state index contributed by atoms with van der Waals surface area (Å²) in [7, 11) is 0. The summed E-state index contributed by atoms with van der Waals surface area (Å²) in [5.74, 6) is 0.557. The molecule has 0 radical (unpaired) electrons. The van der Waals surface area contributed by atoms with E-state index in [1.807, 2.05) is 65.8 Å². The minimum atomic E-state index is -0.934. The number of carbonyl (C=O) groups is 3. The largest absolute Gasteiger partial charge is 0.384 e. The number of primary amides is 1. The van der Waals surface area contributed by atoms with Crippen LogP contribution in [0.3, 0.4) is 0 Å². The van der Waals surface area contributed by atoms with Crippen LogP contribution in [0, 0.1) is 47.8 Å². The molecule has 238 valence electrons. The highest BCUT2D eigenvalue weighted by molar-refractivity contribution is 5.97. The smallest absolute Gasteiger partial charge is 0.244 e. The summed E-state index contributed by atoms with van der Waals surface area (Å²) in [6.45, 7) is 18.5. The van der Waals surface area contributed by atoms with Gasteiger partial charge in [-0.15, -0.1) is 0 Å². The number of piperidine rings is 1. The lowest BCUT2D eigenvalue weighted by molar-refractivity contribution is -0.141. The number of nitrogens with zero attached hydrogens (tertiary/aromatic N) is 4. The second-order valence-corrected chi connectivity index (χ2v) is 13.1. The topological polar surface area (TPSA) is 168 Å². The Hall–Kier alpha value is -4.26. The fourth-order valence-corrected chi connectivity index (χ4v) is 5.67. The quantitative estimate of drug-likeness (QED) is 0.389. The second-order valence-electron chi connectivity index (χ2n) is 13.1. The zero-order chi connectivity index (χ0) is 33.4. The summed E-state index contributed by atoms with van der Waals surface area (Å²) in [5, 5.41) is 12.5. The van der Waals surface area contributed by atoms with Crippen molar-refractivity contribution < 1.29 is 14.4 Å². The molecular weight excluding hydrogens is 554 g/mol. The van der Waals surface area contributed by atoms with E-state index in [-0.39, 0.29) is 46.5 Å². The molecule has 4 rings (SSSR count). The van der Waals surface area contributed by atoms with Gasteiger partial charge in [-0.25, -0.2) is 9.97 Å². The van der Waals surface area contributed by atoms with Gasteiger partial charge >= 0.3 is 0 Å². The highest BCUT2D eigenvalue weighted by atomic mass is 16.2. The van der Waals surface area contributed by atoms with Crippen molar-refractivity contribution >= 4 is 29.6 Å². The lowest BCUT2D eigenvalue weighted by atomic mass is 9.90. The molecule has 1 aliphatic carbocycles. The van der Waals surface area contributed by atoms with E-state index in [9.17, 15) is 19.6 Å². The van der Waals surface area contributed by atoms with Crippen LogP contribution in [-0.4, -0.2) is 51.2 Å². The molecule has 44 heavy (non-hydrogen) atoms. The number of anilines is 1. The van der Waals surface area contributed by atoms with Gasteiger partial charge in [0.1, 0.15) is 23.7 Å². The Kier molecular flexibility index (Phi) is 12.2. The maximum atomic E-state index is 13.4. The maximum Gasteiger partial charge on any atom is 0.244 e. The van der Waals surface area contributed by atoms with Crippen molar-refractivity contribution in [3.8, 4) is 6.07 Å². The first kappa shape index (κ1) is 35.9. The van der Waals surface area contributed by atoms with Gasteiger partial charge in [0.2, 0.25) is 17.7 Å². The fourth-order valence-electron chi connectivity index (χ4n) is 5.67. The molecular formula is C34H49N7O3. The van der Waals surface area contributed by atoms with Crippen molar-refractivity contribution in [1.82, 2.24) is 20.2 Å². The SMILES string of the molecule is CC.Cc1cccc(/C=C(/CC(C#N)NC(=O)[C@@H]2C3C(CN2C(=O)CC(C)(C)C)C3(C)C)C(N)=O)c1.Cc1nccc(N)n1. The van der Waals surface area contributed by atoms with Crippen LogP contribution in [0.15, 0.2) is 42.1 Å². The number of nitrogens with two attached hydrogens (primary N) is 2. The first-order chi connectivity index (χ1) is 20.5. The number of nitrogens with one attached hydrogen (secondary N) is 1. The number of aromatic nitrogens is 2. The van der Waals surface area contributed by atoms with Gasteiger partial charge in [0, 0.05) is 31.2 Å². The third kappa shape index (κ3) is 9.63. The van der Waals surface area contributed by atoms with Crippen LogP contribution in [-0.2, 0) is 14.4 Å². The van der Waals surface area contributed by atoms with E-state index in [4.69, 9.17) is 11.5 Å². The van der Waals surface area contributed by atoms with E-state index in [0.29, 0.717) is 24.6 Å². The number of benzene rings is 1. The van der Waals surface area contributed by atoms with E-state index in [1.54, 1.807) is 30.2 Å². The lowest BCUT2D eigenvalue weighted by Crippen LogP contribution is -2.52. The van der Waals surface area contributed by atoms with Gasteiger partial charge in [-0.2, -0.15) is 5.26 Å². The number of hydrogen-bond acceptors (Lipinski definition) is 7. The highest BCUT2D eigenvalue weighted by Crippen LogP contribution is 2.65. The molecule has 2 aliphatic rings. The van der Waals surface area contributed by atoms with E-state index in [1.165, 1.54) is 0 Å². The van der Waals surface area contributed by atoms with Crippen LogP contribution >= 0.6 is 0 Å². The van der Waals surface area contributed by atoms with Gasteiger partial charge in [0.25, 0.3) is 0 Å². The van der Waals surface area contributed by atoms with Gasteiger partial charge in [-0.1, -0.05) is 78.3 Å². The summed E-state index contributed by atoms with van der Waals surface area (Å²) < 4.78 is 0. The minimum Gasteiger partial charge on any atom is -0.384 e. The molecule has 10 nitrogen and oxygen atoms in total. The Balaban J connectivity index is 0.000000577. The van der Waals surface area contributed by atoms with E-state index < -0.39 is 18.0 Å². The Labute approximate surface area is 262 Å². The first-order valence-electron chi connectivity index (χ1n) is 15.1. The van der Waals surface area contributed by atoms with Crippen molar-refractivity contribution in [3.05, 3.63) is 59.1 Å². The van der Waals surface area contributed by atoms with E-state index in [2.05, 4.69) is 35.2 Å². The zero-order valence-electron chi connectivity index (χ0n) is 27.6. The number of hydrogen-bond donors (Lipinski definition) is 3. The molecule has 3 amide bonds. The summed E-state index contributed by atoms with van der Waals surface area (Å²) >= 11 is 0. The zero-order valence-corrected chi connectivity index (χ0v) is 27.6. The Morgan fingerprint density at radius 3 is 2.36 bits per heavy atom. The molecule has 3 unspecified atom stereocenters. The van der Waals surface area contributed by atoms with Gasteiger partial charge in [0.15, 0.2) is 0 Å². The Morgan fingerprint density at radius 1 is 1.20 bits per heavy atom. The number of likely N-dealkylation sites (tertiary alicyclic amines) is 1. The molecule has 5 N–H and O–H groups in total. The van der Waals surface area contributed by atoms with Crippen molar-refractivity contribution in [1.29, 1.82) is 5.26 Å². The fraction of sp³-hybridized carbons (Fsp3) is 0.529. The number of aryl methyl sites for hydroxylation is 2. The molecule has 1 aromatic heterocycles. The van der Waals surface area contributed by atoms with Crippen molar-refractivity contribution in [3.63, 3.8) is 0 Å². The Bertz CT molecular complexity index is 1390. The summed E-state index contributed by atoms with van der Waals surface area (Å²) in [4.78, 5) is 47.9. The molecule has 1 saturated carbocycles. The number of fused-ring (bicyclic) bond motifs is 1. The van der Waals surface area contributed by atoms with Crippen LogP contribution in [0.1, 0.15) is 78.3 Å². The van der Waals surface area contributed by atoms with Gasteiger partial charge in [-0.3, -0.25) is 14.4 Å². The van der Waals surface area contributed by atoms with Crippen LogP contribution < -0.4 is 16.8 Å². The minimum absolute atomic E-state index is 0.00827. The van der Waals surface area contributed by atoms with Crippen LogP contribution in [0.5, 0.6) is 0 Å². The lowest BCUT2D eigenvalue weighted by Gasteiger charge is -2.32. The molecule has 1 saturated heterocycles. The molecule has 1 aliphatic heterocycles. The molecule has 2 heterocycles. The highest BCUT2D eigenvalue weighted by Gasteiger charge is 2.69. The molecule has 0 bridgehead atoms. The van der Waals surface area contributed by atoms with E-state index >= 15 is 0 Å². The molecule has 2 aromatic rings. The van der Waals surface area contributed by atoms with Gasteiger partial charge in [0.05, 0.1) is 6.07 Å². The summed E-state index contributed by atoms with van der Waals surface area (Å²) in [6.07, 6.45) is 3.63. The number of amides is 3. The number of carbonyl (C=O) groups excluding carboxylic acids is 3. The summed E-state index contributed by atoms with van der Waals surface area (Å²) in [5.41, 5.74) is 12.8.